The second-order valence-corrected chi connectivity index (χ2v) is 15.9. The normalized spacial score (nSPS) is 23.0. The minimum atomic E-state index is -2.01. The predicted octanol–water partition coefficient (Wildman–Crippen LogP) is 4.26. The molecule has 0 aliphatic carbocycles. The Bertz CT molecular complexity index is 1410. The summed E-state index contributed by atoms with van der Waals surface area (Å²) in [5, 5.41) is 8.58. The van der Waals surface area contributed by atoms with Gasteiger partial charge in [-0.3, -0.25) is 14.5 Å². The number of halogens is 1. The maximum Gasteiger partial charge on any atom is 0.519 e. The van der Waals surface area contributed by atoms with Crippen molar-refractivity contribution < 1.29 is 22.4 Å². The van der Waals surface area contributed by atoms with Gasteiger partial charge >= 0.3 is 5.82 Å². The summed E-state index contributed by atoms with van der Waals surface area (Å²) in [4.78, 5) is 19.8. The molecular formula is C24H34FN5O5Si. The lowest BCUT2D eigenvalue weighted by molar-refractivity contribution is -0.0908. The Labute approximate surface area is 209 Å². The fourth-order valence-corrected chi connectivity index (χ4v) is 5.21. The highest BCUT2D eigenvalue weighted by Crippen LogP contribution is 2.44. The number of imidazole rings is 1. The molecule has 3 atom stereocenters. The van der Waals surface area contributed by atoms with E-state index in [2.05, 4.69) is 50.4 Å². The van der Waals surface area contributed by atoms with Gasteiger partial charge in [0.1, 0.15) is 12.0 Å². The minimum absolute atomic E-state index is 0.00866. The molecule has 0 amide bonds. The molecular weight excluding hydrogens is 485 g/mol. The van der Waals surface area contributed by atoms with E-state index in [-0.39, 0.29) is 45.7 Å². The van der Waals surface area contributed by atoms with E-state index in [1.807, 2.05) is 13.0 Å². The molecule has 0 bridgehead atoms. The quantitative estimate of drug-likeness (QED) is 0.281. The van der Waals surface area contributed by atoms with Gasteiger partial charge in [-0.15, -0.1) is 6.58 Å². The van der Waals surface area contributed by atoms with Crippen LogP contribution in [0, 0.1) is 24.3 Å². The van der Waals surface area contributed by atoms with Gasteiger partial charge in [0.05, 0.1) is 25.1 Å². The molecule has 0 spiro atoms. The zero-order valence-electron chi connectivity index (χ0n) is 21.8. The second kappa shape index (κ2) is 8.93. The van der Waals surface area contributed by atoms with E-state index in [9.17, 15) is 4.79 Å². The zero-order chi connectivity index (χ0) is 26.6. The van der Waals surface area contributed by atoms with Crippen molar-refractivity contribution in [2.45, 2.75) is 77.5 Å². The molecule has 196 valence electrons. The second-order valence-electron chi connectivity index (χ2n) is 11.1. The third-order valence-corrected chi connectivity index (χ3v) is 12.1. The predicted molar refractivity (Wildman–Crippen MR) is 132 cm³/mol. The van der Waals surface area contributed by atoms with Gasteiger partial charge in [0, 0.05) is 12.3 Å². The summed E-state index contributed by atoms with van der Waals surface area (Å²) >= 11 is 0. The zero-order valence-corrected chi connectivity index (χ0v) is 22.8. The molecule has 0 radical (unpaired) electrons. The lowest BCUT2D eigenvalue weighted by Crippen LogP contribution is -2.47. The number of nitrogens with zero attached hydrogens (tertiary/aromatic N) is 4. The van der Waals surface area contributed by atoms with E-state index in [1.165, 1.54) is 13.3 Å². The topological polar surface area (TPSA) is 121 Å². The van der Waals surface area contributed by atoms with E-state index in [0.717, 1.165) is 4.57 Å². The molecule has 1 aliphatic heterocycles. The van der Waals surface area contributed by atoms with E-state index >= 15 is 4.39 Å². The van der Waals surface area contributed by atoms with Crippen molar-refractivity contribution in [3.8, 4) is 0 Å². The van der Waals surface area contributed by atoms with Crippen molar-refractivity contribution in [2.24, 2.45) is 5.92 Å². The first-order valence-electron chi connectivity index (χ1n) is 11.9. The summed E-state index contributed by atoms with van der Waals surface area (Å²) < 4.78 is 40.5. The maximum atomic E-state index is 15.1. The van der Waals surface area contributed by atoms with E-state index in [0.29, 0.717) is 13.0 Å². The highest BCUT2D eigenvalue weighted by atomic mass is 28.4. The molecule has 4 heterocycles. The number of fused-ring (bicyclic) bond motifs is 1. The number of hydrogen-bond donors (Lipinski definition) is 1. The molecule has 0 saturated carbocycles. The first kappa shape index (κ1) is 26.2. The molecule has 10 nitrogen and oxygen atoms in total. The van der Waals surface area contributed by atoms with Crippen LogP contribution in [0.3, 0.4) is 0 Å². The first-order chi connectivity index (χ1) is 16.7. The lowest BCUT2D eigenvalue weighted by Gasteiger charge is -2.39. The number of aromatic nitrogens is 4. The Hall–Kier alpha value is -2.83. The van der Waals surface area contributed by atoms with Crippen molar-refractivity contribution in [3.63, 3.8) is 0 Å². The number of hydrogen-bond acceptors (Lipinski definition) is 8. The molecule has 0 unspecified atom stereocenters. The van der Waals surface area contributed by atoms with Crippen LogP contribution in [0.1, 0.15) is 51.9 Å². The summed E-state index contributed by atoms with van der Waals surface area (Å²) in [7, 11) is -2.01. The Morgan fingerprint density at radius 1 is 1.39 bits per heavy atom. The van der Waals surface area contributed by atoms with Crippen LogP contribution in [0.4, 0.5) is 4.39 Å². The van der Waals surface area contributed by atoms with Crippen LogP contribution in [0.15, 0.2) is 32.6 Å². The van der Waals surface area contributed by atoms with Crippen LogP contribution in [0.5, 0.6) is 0 Å². The van der Waals surface area contributed by atoms with Gasteiger partial charge in [0.15, 0.2) is 30.7 Å². The Morgan fingerprint density at radius 3 is 2.67 bits per heavy atom. The first-order valence-corrected chi connectivity index (χ1v) is 14.8. The van der Waals surface area contributed by atoms with Gasteiger partial charge in [0.25, 0.3) is 6.08 Å². The SMILES string of the molecule is C=C[C@H]1C[C@H](n2cnc3c(=N)n(Cc4oc(=O)oc4C)c(F)nc32)O[C@]1(C)CO[Si](C)(C)C(C)(C)C. The molecule has 1 N–H and O–H groups in total. The molecule has 3 aromatic rings. The average molecular weight is 520 g/mol. The molecule has 12 heteroatoms. The van der Waals surface area contributed by atoms with Crippen molar-refractivity contribution in [2.75, 3.05) is 6.61 Å². The summed E-state index contributed by atoms with van der Waals surface area (Å²) in [6.07, 6.45) is 2.56. The number of rotatable bonds is 7. The molecule has 4 rings (SSSR count). The Kier molecular flexibility index (Phi) is 6.50. The van der Waals surface area contributed by atoms with Crippen LogP contribution < -0.4 is 11.3 Å². The summed E-state index contributed by atoms with van der Waals surface area (Å²) in [5.41, 5.74) is -0.445. The van der Waals surface area contributed by atoms with E-state index in [1.54, 1.807) is 4.57 Å². The molecule has 1 fully saturated rings. The largest absolute Gasteiger partial charge is 0.519 e. The lowest BCUT2D eigenvalue weighted by atomic mass is 9.90. The highest BCUT2D eigenvalue weighted by molar-refractivity contribution is 6.74. The van der Waals surface area contributed by atoms with Crippen LogP contribution in [0.25, 0.3) is 11.2 Å². The van der Waals surface area contributed by atoms with Crippen LogP contribution in [0.2, 0.25) is 18.1 Å². The Morgan fingerprint density at radius 2 is 2.08 bits per heavy atom. The number of aryl methyl sites for hydroxylation is 1. The highest BCUT2D eigenvalue weighted by Gasteiger charge is 2.47. The van der Waals surface area contributed by atoms with Crippen LogP contribution in [-0.2, 0) is 15.7 Å². The van der Waals surface area contributed by atoms with Gasteiger partial charge in [-0.2, -0.15) is 9.37 Å². The molecule has 3 aromatic heterocycles. The number of nitrogens with one attached hydrogen (secondary N) is 1. The van der Waals surface area contributed by atoms with Gasteiger partial charge in [0.2, 0.25) is 0 Å². The van der Waals surface area contributed by atoms with Gasteiger partial charge < -0.3 is 18.0 Å². The fraction of sp³-hybridized carbons (Fsp3) is 0.583. The molecule has 36 heavy (non-hydrogen) atoms. The van der Waals surface area contributed by atoms with Crippen molar-refractivity contribution in [1.82, 2.24) is 19.1 Å². The van der Waals surface area contributed by atoms with Crippen molar-refractivity contribution in [1.29, 1.82) is 5.41 Å². The van der Waals surface area contributed by atoms with E-state index in [4.69, 9.17) is 23.4 Å². The summed E-state index contributed by atoms with van der Waals surface area (Å²) in [6.45, 7) is 18.7. The maximum absolute atomic E-state index is 15.1. The van der Waals surface area contributed by atoms with Crippen LogP contribution in [-0.4, -0.2) is 39.6 Å². The Balaban J connectivity index is 1.64. The standard InChI is InChI=1S/C24H34FN5O5Si/c1-9-15-10-17(35-24(15,6)12-32-36(7,8)23(3,4)5)30-13-27-18-19(26)29(21(25)28-20(18)30)11-16-14(2)33-22(31)34-16/h9,13,15,17,26H,1,10-12H2,2-8H3/t15-,17+,24+/m0/s1. The molecule has 1 aliphatic rings. The van der Waals surface area contributed by atoms with Gasteiger partial charge in [-0.25, -0.2) is 9.78 Å². The van der Waals surface area contributed by atoms with Crippen molar-refractivity contribution >= 4 is 19.5 Å². The van der Waals surface area contributed by atoms with Crippen molar-refractivity contribution in [3.05, 3.63) is 52.7 Å². The van der Waals surface area contributed by atoms with Crippen LogP contribution >= 0.6 is 0 Å². The minimum Gasteiger partial charge on any atom is -0.414 e. The van der Waals surface area contributed by atoms with E-state index < -0.39 is 32.0 Å². The number of ether oxygens (including phenoxy) is 1. The fourth-order valence-electron chi connectivity index (χ4n) is 4.13. The smallest absolute Gasteiger partial charge is 0.414 e. The monoisotopic (exact) mass is 519 g/mol. The summed E-state index contributed by atoms with van der Waals surface area (Å²) in [5.74, 6) is -0.566. The third kappa shape index (κ3) is 4.53. The molecule has 0 aromatic carbocycles. The van der Waals surface area contributed by atoms with Gasteiger partial charge in [-0.05, 0) is 32.0 Å². The third-order valence-electron chi connectivity index (χ3n) is 7.59. The van der Waals surface area contributed by atoms with Gasteiger partial charge in [-0.1, -0.05) is 26.8 Å². The average Bonchev–Trinajstić information content (AvgIpc) is 3.43. The molecule has 1 saturated heterocycles. The summed E-state index contributed by atoms with van der Waals surface area (Å²) in [6, 6.07) is 0.